The van der Waals surface area contributed by atoms with Crippen molar-refractivity contribution in [1.29, 1.82) is 0 Å². The lowest BCUT2D eigenvalue weighted by molar-refractivity contribution is 0.303. The largest absolute Gasteiger partial charge is 0.234 e. The predicted octanol–water partition coefficient (Wildman–Crippen LogP) is 13.2. The lowest BCUT2D eigenvalue weighted by Gasteiger charge is -2.27. The van der Waals surface area contributed by atoms with Crippen LogP contribution in [-0.4, -0.2) is 53.9 Å². The van der Waals surface area contributed by atoms with Crippen LogP contribution < -0.4 is 9.44 Å². The van der Waals surface area contributed by atoms with Gasteiger partial charge in [0.2, 0.25) is 20.0 Å². The molecule has 0 amide bonds. The van der Waals surface area contributed by atoms with E-state index < -0.39 is 49.4 Å². The van der Waals surface area contributed by atoms with Gasteiger partial charge >= 0.3 is 0 Å². The fourth-order valence-electron chi connectivity index (χ4n) is 10.4. The molecule has 1 fully saturated rings. The first kappa shape index (κ1) is 56.8. The molecule has 2 aromatic heterocycles. The van der Waals surface area contributed by atoms with Crippen molar-refractivity contribution in [2.24, 2.45) is 5.92 Å². The molecular weight excluding hydrogens is 1090 g/mol. The third-order valence-corrected chi connectivity index (χ3v) is 18.8. The molecule has 2 N–H and O–H groups in total. The minimum absolute atomic E-state index is 0.0575. The third kappa shape index (κ3) is 14.1. The molecule has 20 heteroatoms. The van der Waals surface area contributed by atoms with Crippen molar-refractivity contribution >= 4 is 55.7 Å². The topological polar surface area (TPSA) is 128 Å². The summed E-state index contributed by atoms with van der Waals surface area (Å²) in [6.45, 7) is 3.66. The van der Waals surface area contributed by atoms with Crippen molar-refractivity contribution in [1.82, 2.24) is 29.0 Å². The van der Waals surface area contributed by atoms with Gasteiger partial charge in [-0.2, -0.15) is 33.7 Å². The third-order valence-electron chi connectivity index (χ3n) is 14.2. The molecular formula is C58H58F6N6O4S4. The zero-order valence-electron chi connectivity index (χ0n) is 42.8. The Balaban J connectivity index is 0.000000190. The van der Waals surface area contributed by atoms with Gasteiger partial charge in [0, 0.05) is 81.0 Å². The first-order valence-corrected chi connectivity index (χ1v) is 31.0. The van der Waals surface area contributed by atoms with E-state index in [0.717, 1.165) is 88.2 Å². The molecule has 0 saturated heterocycles. The molecule has 1 aliphatic carbocycles. The molecule has 2 unspecified atom stereocenters. The number of benzene rings is 5. The van der Waals surface area contributed by atoms with Crippen LogP contribution in [0.5, 0.6) is 0 Å². The van der Waals surface area contributed by atoms with Gasteiger partial charge < -0.3 is 0 Å². The van der Waals surface area contributed by atoms with Crippen LogP contribution in [0.15, 0.2) is 126 Å². The summed E-state index contributed by atoms with van der Waals surface area (Å²) in [6.07, 6.45) is 9.28. The fourth-order valence-corrected chi connectivity index (χ4v) is 14.9. The number of fused-ring (bicyclic) bond motifs is 2. The summed E-state index contributed by atoms with van der Waals surface area (Å²) in [5.74, 6) is -1.17. The Kier molecular flexibility index (Phi) is 18.2. The number of hydrogen-bond donors (Lipinski definition) is 2. The lowest BCUT2D eigenvalue weighted by atomic mass is 9.85. The molecule has 2 aliphatic heterocycles. The van der Waals surface area contributed by atoms with Gasteiger partial charge in [-0.15, -0.1) is 0 Å². The zero-order chi connectivity index (χ0) is 55.1. The van der Waals surface area contributed by atoms with Crippen LogP contribution in [0.3, 0.4) is 0 Å². The first-order chi connectivity index (χ1) is 37.4. The minimum Gasteiger partial charge on any atom is -0.234 e. The Bertz CT molecular complexity index is 3550. The number of thioether (sulfide) groups is 2. The summed E-state index contributed by atoms with van der Waals surface area (Å²) in [6, 6.07) is 27.8. The normalized spacial score (nSPS) is 17.8. The molecule has 10 nitrogen and oxygen atoms in total. The minimum atomic E-state index is -3.84. The maximum atomic E-state index is 14.9. The summed E-state index contributed by atoms with van der Waals surface area (Å²) < 4.78 is 145. The summed E-state index contributed by atoms with van der Waals surface area (Å²) in [7, 11) is -7.58. The van der Waals surface area contributed by atoms with Crippen molar-refractivity contribution in [2.45, 2.75) is 94.2 Å². The Morgan fingerprint density at radius 1 is 0.577 bits per heavy atom. The van der Waals surface area contributed by atoms with Gasteiger partial charge in [-0.25, -0.2) is 62.0 Å². The first-order valence-electron chi connectivity index (χ1n) is 25.6. The van der Waals surface area contributed by atoms with E-state index in [0.29, 0.717) is 58.9 Å². The Morgan fingerprint density at radius 2 is 1.04 bits per heavy atom. The second-order valence-electron chi connectivity index (χ2n) is 19.9. The molecule has 4 atom stereocenters. The Hall–Kier alpha value is -5.90. The number of nitrogens with one attached hydrogen (secondary N) is 2. The molecule has 78 heavy (non-hydrogen) atoms. The van der Waals surface area contributed by atoms with Gasteiger partial charge in [0.05, 0.1) is 22.8 Å². The highest BCUT2D eigenvalue weighted by Gasteiger charge is 2.33. The average Bonchev–Trinajstić information content (AvgIpc) is 4.04. The molecule has 7 aromatic rings. The van der Waals surface area contributed by atoms with Crippen LogP contribution in [0.1, 0.15) is 114 Å². The van der Waals surface area contributed by atoms with Gasteiger partial charge in [-0.3, -0.25) is 0 Å². The van der Waals surface area contributed by atoms with Crippen LogP contribution in [0.2, 0.25) is 0 Å². The molecule has 3 aliphatic rings. The molecule has 0 radical (unpaired) electrons. The van der Waals surface area contributed by atoms with Crippen LogP contribution >= 0.6 is 23.5 Å². The van der Waals surface area contributed by atoms with Crippen LogP contribution in [0, 0.1) is 40.8 Å². The smallest absolute Gasteiger partial charge is 0.234 e. The van der Waals surface area contributed by atoms with Crippen LogP contribution in [0.4, 0.5) is 26.3 Å². The van der Waals surface area contributed by atoms with Gasteiger partial charge in [0.15, 0.2) is 11.6 Å². The fraction of sp³-hybridized carbons (Fsp3) is 0.310. The van der Waals surface area contributed by atoms with E-state index in [9.17, 15) is 43.2 Å². The Morgan fingerprint density at radius 3 is 1.50 bits per heavy atom. The highest BCUT2D eigenvalue weighted by molar-refractivity contribution is 7.98. The lowest BCUT2D eigenvalue weighted by Crippen LogP contribution is -2.37. The van der Waals surface area contributed by atoms with E-state index in [1.807, 2.05) is 49.4 Å². The summed E-state index contributed by atoms with van der Waals surface area (Å²) in [4.78, 5) is 0. The van der Waals surface area contributed by atoms with Crippen molar-refractivity contribution in [3.05, 3.63) is 212 Å². The van der Waals surface area contributed by atoms with Crippen molar-refractivity contribution in [3.8, 4) is 11.4 Å². The van der Waals surface area contributed by atoms with E-state index in [1.54, 1.807) is 42.6 Å². The maximum absolute atomic E-state index is 14.9. The molecule has 0 bridgehead atoms. The number of sulfonamides is 2. The van der Waals surface area contributed by atoms with E-state index in [-0.39, 0.29) is 40.9 Å². The van der Waals surface area contributed by atoms with Crippen molar-refractivity contribution < 1.29 is 43.2 Å². The Labute approximate surface area is 459 Å². The number of halogens is 6. The van der Waals surface area contributed by atoms with Gasteiger partial charge in [0.1, 0.15) is 34.6 Å². The molecule has 5 aromatic carbocycles. The molecule has 410 valence electrons. The predicted molar refractivity (Wildman–Crippen MR) is 298 cm³/mol. The van der Waals surface area contributed by atoms with Crippen molar-refractivity contribution in [2.75, 3.05) is 11.5 Å². The van der Waals surface area contributed by atoms with E-state index in [4.69, 9.17) is 0 Å². The number of rotatable bonds is 16. The van der Waals surface area contributed by atoms with Gasteiger partial charge in [0.25, 0.3) is 0 Å². The second kappa shape index (κ2) is 25.0. The van der Waals surface area contributed by atoms with Crippen molar-refractivity contribution in [3.63, 3.8) is 0 Å². The zero-order valence-corrected chi connectivity index (χ0v) is 46.0. The van der Waals surface area contributed by atoms with Crippen LogP contribution in [0.25, 0.3) is 23.5 Å². The van der Waals surface area contributed by atoms with Gasteiger partial charge in [-0.05, 0) is 123 Å². The highest BCUT2D eigenvalue weighted by Crippen LogP contribution is 2.41. The number of nitrogens with zero attached hydrogens (tertiary/aromatic N) is 4. The number of hydrogen-bond acceptors (Lipinski definition) is 8. The summed E-state index contributed by atoms with van der Waals surface area (Å²) in [5.41, 5.74) is 6.30. The molecule has 1 saturated carbocycles. The average molecular weight is 1150 g/mol. The molecule has 10 rings (SSSR count). The van der Waals surface area contributed by atoms with E-state index >= 15 is 0 Å². The van der Waals surface area contributed by atoms with Crippen LogP contribution in [-0.2, 0) is 44.4 Å². The molecule has 4 heterocycles. The quantitative estimate of drug-likeness (QED) is 0.0916. The standard InChI is InChI=1S/C29H32F3N3O2S2.C29H26F3N3O2S2/c2*1-19(21-7-3-2-4-8-21)34-39(36,37)13-12-27-25-18-38-17-22(14-20-6-5-9-23(30)15-20)29(25)35(33-27)28-11-10-24(31)16-26(28)32/h5-6,9-13,15-16,19,21-22,34H,2-4,7-8,14,17-18H2,1H3;2-13,15-16,19,22,34H,14,17-18H2,1H3/b2*13-12+/t2*19-,22?/m10/s1. The van der Waals surface area contributed by atoms with Gasteiger partial charge in [-0.1, -0.05) is 73.9 Å². The monoisotopic (exact) mass is 1140 g/mol. The molecule has 0 spiro atoms. The number of aromatic nitrogens is 4. The second-order valence-corrected chi connectivity index (χ2v) is 25.1. The van der Waals surface area contributed by atoms with E-state index in [2.05, 4.69) is 19.6 Å². The maximum Gasteiger partial charge on any atom is 0.234 e. The summed E-state index contributed by atoms with van der Waals surface area (Å²) >= 11 is 3.30. The summed E-state index contributed by atoms with van der Waals surface area (Å²) in [5, 5.41) is 11.4. The van der Waals surface area contributed by atoms with E-state index in [1.165, 1.54) is 70.4 Å². The SMILES string of the molecule is C[C@@H](NS(=O)(=O)/C=C/c1nn(-c2ccc(F)cc2F)c2c1CSCC2Cc1cccc(F)c1)C1CCCCC1.C[C@H](NS(=O)(=O)/C=C/c1nn(-c2ccc(F)cc2F)c2c1CSCC2Cc1cccc(F)c1)c1ccccc1. The highest BCUT2D eigenvalue weighted by atomic mass is 32.2.